The largest absolute Gasteiger partial charge is 0.375 e. The van der Waals surface area contributed by atoms with E-state index < -0.39 is 4.92 Å². The summed E-state index contributed by atoms with van der Waals surface area (Å²) in [6.07, 6.45) is 0.876. The van der Waals surface area contributed by atoms with Crippen molar-refractivity contribution in [3.63, 3.8) is 0 Å². The number of carbonyl (C=O) groups excluding carboxylic acids is 1. The molecule has 0 radical (unpaired) electrons. The quantitative estimate of drug-likeness (QED) is 0.613. The fourth-order valence-electron chi connectivity index (χ4n) is 3.15. The average Bonchev–Trinajstić information content (AvgIpc) is 3.15. The maximum absolute atomic E-state index is 12.6. The molecule has 2 aromatic carbocycles. The van der Waals surface area contributed by atoms with Gasteiger partial charge in [-0.1, -0.05) is 30.3 Å². The number of likely N-dealkylation sites (tertiary alicyclic amines) is 1. The number of carbonyl (C=O) groups is 1. The van der Waals surface area contributed by atoms with E-state index in [-0.39, 0.29) is 11.6 Å². The SMILES string of the molecule is NCC1CCN(C(=O)c2ccc(NCc3ccccc3)c([N+](=O)[O-])c2)C1. The van der Waals surface area contributed by atoms with Crippen LogP contribution in [0.15, 0.2) is 48.5 Å². The zero-order chi connectivity index (χ0) is 18.5. The zero-order valence-corrected chi connectivity index (χ0v) is 14.4. The second kappa shape index (κ2) is 7.97. The molecule has 1 atom stereocenters. The van der Waals surface area contributed by atoms with Crippen molar-refractivity contribution in [1.82, 2.24) is 4.90 Å². The highest BCUT2D eigenvalue weighted by Gasteiger charge is 2.27. The summed E-state index contributed by atoms with van der Waals surface area (Å²) >= 11 is 0. The molecule has 0 aromatic heterocycles. The van der Waals surface area contributed by atoms with Crippen LogP contribution in [0.1, 0.15) is 22.3 Å². The van der Waals surface area contributed by atoms with Crippen LogP contribution in [-0.2, 0) is 6.54 Å². The molecule has 3 N–H and O–H groups in total. The van der Waals surface area contributed by atoms with E-state index in [4.69, 9.17) is 5.73 Å². The summed E-state index contributed by atoms with van der Waals surface area (Å²) in [7, 11) is 0. The Labute approximate surface area is 152 Å². The molecule has 0 saturated carbocycles. The standard InChI is InChI=1S/C19H22N4O3/c20-11-15-8-9-22(13-15)19(24)16-6-7-17(18(10-16)23(25)26)21-12-14-4-2-1-3-5-14/h1-7,10,15,21H,8-9,11-13,20H2. The summed E-state index contributed by atoms with van der Waals surface area (Å²) in [6.45, 7) is 2.27. The number of nitrogens with zero attached hydrogens (tertiary/aromatic N) is 2. The van der Waals surface area contributed by atoms with Gasteiger partial charge in [-0.2, -0.15) is 0 Å². The summed E-state index contributed by atoms with van der Waals surface area (Å²) in [5.41, 5.74) is 7.32. The number of nitrogens with one attached hydrogen (secondary N) is 1. The van der Waals surface area contributed by atoms with Gasteiger partial charge in [-0.3, -0.25) is 14.9 Å². The van der Waals surface area contributed by atoms with Crippen LogP contribution in [0.5, 0.6) is 0 Å². The van der Waals surface area contributed by atoms with Gasteiger partial charge in [-0.15, -0.1) is 0 Å². The number of hydrogen-bond donors (Lipinski definition) is 2. The summed E-state index contributed by atoms with van der Waals surface area (Å²) < 4.78 is 0. The maximum Gasteiger partial charge on any atom is 0.293 e. The minimum atomic E-state index is -0.462. The lowest BCUT2D eigenvalue weighted by Gasteiger charge is -2.16. The Kier molecular flexibility index (Phi) is 5.48. The molecule has 136 valence electrons. The van der Waals surface area contributed by atoms with Gasteiger partial charge in [-0.25, -0.2) is 0 Å². The lowest BCUT2D eigenvalue weighted by molar-refractivity contribution is -0.384. The first-order valence-electron chi connectivity index (χ1n) is 8.64. The third-order valence-corrected chi connectivity index (χ3v) is 4.67. The van der Waals surface area contributed by atoms with Gasteiger partial charge in [0.25, 0.3) is 11.6 Å². The number of anilines is 1. The van der Waals surface area contributed by atoms with E-state index >= 15 is 0 Å². The predicted octanol–water partition coefficient (Wildman–Crippen LogP) is 2.63. The Bertz CT molecular complexity index is 795. The Balaban J connectivity index is 1.76. The molecule has 0 bridgehead atoms. The van der Waals surface area contributed by atoms with Crippen molar-refractivity contribution >= 4 is 17.3 Å². The van der Waals surface area contributed by atoms with Crippen LogP contribution >= 0.6 is 0 Å². The molecule has 3 rings (SSSR count). The van der Waals surface area contributed by atoms with Gasteiger partial charge in [0.2, 0.25) is 0 Å². The Morgan fingerprint density at radius 2 is 2.04 bits per heavy atom. The summed E-state index contributed by atoms with van der Waals surface area (Å²) in [6, 6.07) is 14.2. The highest BCUT2D eigenvalue weighted by Crippen LogP contribution is 2.27. The predicted molar refractivity (Wildman–Crippen MR) is 99.9 cm³/mol. The van der Waals surface area contributed by atoms with Gasteiger partial charge in [0.1, 0.15) is 5.69 Å². The van der Waals surface area contributed by atoms with Crippen LogP contribution in [0.4, 0.5) is 11.4 Å². The molecule has 7 nitrogen and oxygen atoms in total. The van der Waals surface area contributed by atoms with E-state index in [1.165, 1.54) is 6.07 Å². The first kappa shape index (κ1) is 17.9. The highest BCUT2D eigenvalue weighted by atomic mass is 16.6. The topological polar surface area (TPSA) is 102 Å². The molecule has 0 aliphatic carbocycles. The van der Waals surface area contributed by atoms with Gasteiger partial charge in [0.15, 0.2) is 0 Å². The van der Waals surface area contributed by atoms with Crippen molar-refractivity contribution in [1.29, 1.82) is 0 Å². The zero-order valence-electron chi connectivity index (χ0n) is 14.4. The first-order chi connectivity index (χ1) is 12.6. The summed E-state index contributed by atoms with van der Waals surface area (Å²) in [4.78, 5) is 25.3. The van der Waals surface area contributed by atoms with Gasteiger partial charge >= 0.3 is 0 Å². The fraction of sp³-hybridized carbons (Fsp3) is 0.316. The first-order valence-corrected chi connectivity index (χ1v) is 8.64. The molecule has 2 aromatic rings. The molecule has 0 spiro atoms. The second-order valence-corrected chi connectivity index (χ2v) is 6.47. The minimum Gasteiger partial charge on any atom is -0.375 e. The monoisotopic (exact) mass is 354 g/mol. The van der Waals surface area contributed by atoms with E-state index in [1.54, 1.807) is 17.0 Å². The second-order valence-electron chi connectivity index (χ2n) is 6.47. The molecule has 26 heavy (non-hydrogen) atoms. The van der Waals surface area contributed by atoms with E-state index in [9.17, 15) is 14.9 Å². The molecule has 1 saturated heterocycles. The number of amides is 1. The van der Waals surface area contributed by atoms with Crippen LogP contribution in [0.3, 0.4) is 0 Å². The Morgan fingerprint density at radius 1 is 1.27 bits per heavy atom. The molecule has 1 unspecified atom stereocenters. The summed E-state index contributed by atoms with van der Waals surface area (Å²) in [5.74, 6) is 0.124. The number of nitro benzene ring substituents is 1. The van der Waals surface area contributed by atoms with Crippen LogP contribution in [0, 0.1) is 16.0 Å². The van der Waals surface area contributed by atoms with Gasteiger partial charge in [0, 0.05) is 31.3 Å². The molecular weight excluding hydrogens is 332 g/mol. The third kappa shape index (κ3) is 4.00. The number of rotatable bonds is 6. The minimum absolute atomic E-state index is 0.0960. The van der Waals surface area contributed by atoms with Crippen molar-refractivity contribution in [2.24, 2.45) is 11.7 Å². The third-order valence-electron chi connectivity index (χ3n) is 4.67. The Hall–Kier alpha value is -2.93. The number of nitrogens with two attached hydrogens (primary N) is 1. The van der Waals surface area contributed by atoms with Gasteiger partial charge in [0.05, 0.1) is 4.92 Å². The molecule has 1 amide bonds. The lowest BCUT2D eigenvalue weighted by Crippen LogP contribution is -2.29. The van der Waals surface area contributed by atoms with Crippen LogP contribution in [0.2, 0.25) is 0 Å². The molecule has 1 aliphatic heterocycles. The van der Waals surface area contributed by atoms with Crippen molar-refractivity contribution in [2.45, 2.75) is 13.0 Å². The van der Waals surface area contributed by atoms with Gasteiger partial charge in [-0.05, 0) is 36.6 Å². The highest BCUT2D eigenvalue weighted by molar-refractivity contribution is 5.96. The van der Waals surface area contributed by atoms with E-state index in [2.05, 4.69) is 5.32 Å². The maximum atomic E-state index is 12.6. The van der Waals surface area contributed by atoms with Crippen molar-refractivity contribution in [3.8, 4) is 0 Å². The molecule has 7 heteroatoms. The summed E-state index contributed by atoms with van der Waals surface area (Å²) in [5, 5.41) is 14.5. The average molecular weight is 354 g/mol. The number of benzene rings is 2. The normalized spacial score (nSPS) is 16.5. The van der Waals surface area contributed by atoms with Crippen LogP contribution in [0.25, 0.3) is 0 Å². The van der Waals surface area contributed by atoms with Crippen LogP contribution in [-0.4, -0.2) is 35.4 Å². The molecule has 1 aliphatic rings. The molecule has 1 heterocycles. The van der Waals surface area contributed by atoms with E-state index in [0.717, 1.165) is 12.0 Å². The number of hydrogen-bond acceptors (Lipinski definition) is 5. The Morgan fingerprint density at radius 3 is 2.69 bits per heavy atom. The molecular formula is C19H22N4O3. The van der Waals surface area contributed by atoms with E-state index in [1.807, 2.05) is 30.3 Å². The van der Waals surface area contributed by atoms with Crippen molar-refractivity contribution < 1.29 is 9.72 Å². The molecule has 1 fully saturated rings. The number of nitro groups is 1. The van der Waals surface area contributed by atoms with Crippen LogP contribution < -0.4 is 11.1 Å². The van der Waals surface area contributed by atoms with Crippen molar-refractivity contribution in [2.75, 3.05) is 25.0 Å². The smallest absolute Gasteiger partial charge is 0.293 e. The van der Waals surface area contributed by atoms with Gasteiger partial charge < -0.3 is 16.0 Å². The lowest BCUT2D eigenvalue weighted by atomic mass is 10.1. The fourth-order valence-corrected chi connectivity index (χ4v) is 3.15. The van der Waals surface area contributed by atoms with E-state index in [0.29, 0.717) is 43.3 Å². The van der Waals surface area contributed by atoms with Crippen molar-refractivity contribution in [3.05, 3.63) is 69.8 Å².